The van der Waals surface area contributed by atoms with Crippen molar-refractivity contribution in [3.63, 3.8) is 0 Å². The van der Waals surface area contributed by atoms with Crippen molar-refractivity contribution in [2.75, 3.05) is 11.9 Å². The van der Waals surface area contributed by atoms with E-state index < -0.39 is 51.0 Å². The number of nitrogens with zero attached hydrogens (tertiary/aromatic N) is 2. The number of aliphatic hydroxyl groups is 1. The number of rotatable bonds is 4. The molecule has 2 heterocycles. The Balaban J connectivity index is 2.00. The van der Waals surface area contributed by atoms with Gasteiger partial charge in [-0.2, -0.15) is 18.4 Å². The number of fused-ring (bicyclic) bond motifs is 1. The number of carbonyl (C=O) groups excluding carboxylic acids is 1. The summed E-state index contributed by atoms with van der Waals surface area (Å²) in [6, 6.07) is 4.35. The number of alkyl halides is 3. The molecular formula is C20H19F3N4O5S. The number of ether oxygens (including phenoxy) is 1. The zero-order chi connectivity index (χ0) is 24.8. The Morgan fingerprint density at radius 3 is 2.70 bits per heavy atom. The summed E-state index contributed by atoms with van der Waals surface area (Å²) in [5.74, 6) is -1.30. The normalized spacial score (nSPS) is 19.2. The first kappa shape index (κ1) is 24.3. The highest BCUT2D eigenvalue weighted by molar-refractivity contribution is 7.89. The van der Waals surface area contributed by atoms with Gasteiger partial charge in [0.15, 0.2) is 17.0 Å². The molecule has 0 fully saturated rings. The van der Waals surface area contributed by atoms with Crippen molar-refractivity contribution in [2.45, 2.75) is 29.6 Å². The molecule has 0 saturated carbocycles. The van der Waals surface area contributed by atoms with Gasteiger partial charge in [0.1, 0.15) is 11.5 Å². The van der Waals surface area contributed by atoms with Crippen molar-refractivity contribution in [2.24, 2.45) is 7.05 Å². The number of hydrogen-bond acceptors (Lipinski definition) is 6. The van der Waals surface area contributed by atoms with E-state index in [-0.39, 0.29) is 17.5 Å². The first-order valence-corrected chi connectivity index (χ1v) is 10.8. The van der Waals surface area contributed by atoms with Gasteiger partial charge >= 0.3 is 6.18 Å². The molecule has 3 N–H and O–H groups in total. The number of nitrogens with one attached hydrogen (secondary N) is 2. The highest BCUT2D eigenvalue weighted by Gasteiger charge is 2.58. The molecule has 0 radical (unpaired) electrons. The van der Waals surface area contributed by atoms with Crippen molar-refractivity contribution in [3.05, 3.63) is 53.9 Å². The molecule has 1 aromatic carbocycles. The van der Waals surface area contributed by atoms with Crippen molar-refractivity contribution < 1.29 is 36.2 Å². The standard InChI is InChI=1S/C20H19F3N4O5S/c1-4-19(29,20(21,22)23)15-10-32-17-14(33(30,31)26-15)9-27(3)16(17)18(28)25-13-6-5-11(2)12(7-13)8-24/h4-7,9,15,26,29H,1,10H2,2-3H3,(H,25,28)/t15-,19+/m0/s1. The molecule has 3 rings (SSSR count). The minimum Gasteiger partial charge on any atom is -0.488 e. The van der Waals surface area contributed by atoms with Gasteiger partial charge in [-0.1, -0.05) is 12.6 Å². The molecule has 0 unspecified atom stereocenters. The lowest BCUT2D eigenvalue weighted by atomic mass is 9.95. The number of hydrogen-bond donors (Lipinski definition) is 3. The third-order valence-electron chi connectivity index (χ3n) is 5.21. The highest BCUT2D eigenvalue weighted by Crippen LogP contribution is 2.39. The second-order valence-electron chi connectivity index (χ2n) is 7.39. The monoisotopic (exact) mass is 484 g/mol. The number of amides is 1. The van der Waals surface area contributed by atoms with Gasteiger partial charge in [0, 0.05) is 18.9 Å². The maximum atomic E-state index is 13.4. The smallest absolute Gasteiger partial charge is 0.422 e. The van der Waals surface area contributed by atoms with E-state index in [0.717, 1.165) is 10.8 Å². The summed E-state index contributed by atoms with van der Waals surface area (Å²) >= 11 is 0. The molecule has 0 bridgehead atoms. The number of sulfonamides is 1. The number of carbonyl (C=O) groups is 1. The first-order valence-electron chi connectivity index (χ1n) is 9.34. The van der Waals surface area contributed by atoms with Gasteiger partial charge in [-0.25, -0.2) is 13.1 Å². The van der Waals surface area contributed by atoms with Crippen LogP contribution >= 0.6 is 0 Å². The molecule has 13 heteroatoms. The first-order chi connectivity index (χ1) is 15.2. The minimum atomic E-state index is -5.26. The summed E-state index contributed by atoms with van der Waals surface area (Å²) in [5.41, 5.74) is -2.69. The van der Waals surface area contributed by atoms with E-state index >= 15 is 0 Å². The van der Waals surface area contributed by atoms with Gasteiger partial charge in [-0.05, 0) is 30.7 Å². The van der Waals surface area contributed by atoms with Crippen LogP contribution in [0.25, 0.3) is 0 Å². The lowest BCUT2D eigenvalue weighted by Crippen LogP contribution is -2.61. The lowest BCUT2D eigenvalue weighted by Gasteiger charge is -2.33. The fraction of sp³-hybridized carbons (Fsp3) is 0.300. The van der Waals surface area contributed by atoms with E-state index in [1.54, 1.807) is 17.7 Å². The topological polar surface area (TPSA) is 133 Å². The fourth-order valence-electron chi connectivity index (χ4n) is 3.30. The average molecular weight is 484 g/mol. The van der Waals surface area contributed by atoms with Crippen LogP contribution in [-0.2, 0) is 17.1 Å². The number of aryl methyl sites for hydroxylation is 2. The molecule has 1 aromatic heterocycles. The van der Waals surface area contributed by atoms with Gasteiger partial charge in [0.2, 0.25) is 10.0 Å². The van der Waals surface area contributed by atoms with Crippen LogP contribution in [0.2, 0.25) is 0 Å². The summed E-state index contributed by atoms with van der Waals surface area (Å²) in [6.07, 6.45) is -4.07. The van der Waals surface area contributed by atoms with Crippen LogP contribution < -0.4 is 14.8 Å². The Morgan fingerprint density at radius 2 is 2.12 bits per heavy atom. The molecule has 1 amide bonds. The fourth-order valence-corrected chi connectivity index (χ4v) is 4.75. The molecular weight excluding hydrogens is 465 g/mol. The largest absolute Gasteiger partial charge is 0.488 e. The Kier molecular flexibility index (Phi) is 6.05. The Bertz CT molecular complexity index is 1280. The number of nitriles is 1. The highest BCUT2D eigenvalue weighted by atomic mass is 32.2. The predicted octanol–water partition coefficient (Wildman–Crippen LogP) is 1.98. The lowest BCUT2D eigenvalue weighted by molar-refractivity contribution is -0.249. The van der Waals surface area contributed by atoms with E-state index in [2.05, 4.69) is 11.9 Å². The maximum Gasteiger partial charge on any atom is 0.422 e. The van der Waals surface area contributed by atoms with Crippen molar-refractivity contribution >= 4 is 21.6 Å². The number of halogens is 3. The van der Waals surface area contributed by atoms with E-state index in [0.29, 0.717) is 11.1 Å². The van der Waals surface area contributed by atoms with Crippen LogP contribution in [0, 0.1) is 18.3 Å². The molecule has 0 aliphatic carbocycles. The molecule has 0 spiro atoms. The Labute approximate surface area is 187 Å². The van der Waals surface area contributed by atoms with Crippen LogP contribution in [-0.4, -0.2) is 48.4 Å². The quantitative estimate of drug-likeness (QED) is 0.569. The summed E-state index contributed by atoms with van der Waals surface area (Å²) in [5, 5.41) is 21.8. The van der Waals surface area contributed by atoms with Gasteiger partial charge in [0.05, 0.1) is 17.7 Å². The van der Waals surface area contributed by atoms with Gasteiger partial charge in [-0.3, -0.25) is 4.79 Å². The molecule has 1 aliphatic rings. The van der Waals surface area contributed by atoms with Gasteiger partial charge in [-0.15, -0.1) is 0 Å². The van der Waals surface area contributed by atoms with Crippen LogP contribution in [0.4, 0.5) is 18.9 Å². The molecule has 33 heavy (non-hydrogen) atoms. The predicted molar refractivity (Wildman–Crippen MR) is 110 cm³/mol. The summed E-state index contributed by atoms with van der Waals surface area (Å²) in [7, 11) is -3.28. The zero-order valence-electron chi connectivity index (χ0n) is 17.4. The van der Waals surface area contributed by atoms with Crippen LogP contribution in [0.1, 0.15) is 21.6 Å². The van der Waals surface area contributed by atoms with Crippen LogP contribution in [0.5, 0.6) is 5.75 Å². The van der Waals surface area contributed by atoms with E-state index in [1.165, 1.54) is 19.2 Å². The number of anilines is 1. The summed E-state index contributed by atoms with van der Waals surface area (Å²) < 4.78 is 74.1. The number of aromatic nitrogens is 1. The summed E-state index contributed by atoms with van der Waals surface area (Å²) in [4.78, 5) is 12.3. The molecule has 176 valence electrons. The van der Waals surface area contributed by atoms with Gasteiger partial charge < -0.3 is 19.7 Å². The van der Waals surface area contributed by atoms with Crippen molar-refractivity contribution in [3.8, 4) is 11.8 Å². The number of benzene rings is 1. The van der Waals surface area contributed by atoms with Crippen molar-refractivity contribution in [1.82, 2.24) is 9.29 Å². The van der Waals surface area contributed by atoms with Crippen molar-refractivity contribution in [1.29, 1.82) is 5.26 Å². The van der Waals surface area contributed by atoms with Crippen LogP contribution in [0.3, 0.4) is 0 Å². The third kappa shape index (κ3) is 4.20. The van der Waals surface area contributed by atoms with E-state index in [1.807, 2.05) is 6.07 Å². The SMILES string of the molecule is C=C[C@@](O)([C@@H]1COc2c(cn(C)c2C(=O)Nc2ccc(C)c(C#N)c2)S(=O)(=O)N1)C(F)(F)F. The maximum absolute atomic E-state index is 13.4. The molecule has 2 atom stereocenters. The second-order valence-corrected chi connectivity index (χ2v) is 9.07. The Hall–Kier alpha value is -3.34. The van der Waals surface area contributed by atoms with E-state index in [9.17, 15) is 31.5 Å². The second kappa shape index (κ2) is 8.22. The molecule has 1 aliphatic heterocycles. The van der Waals surface area contributed by atoms with Crippen LogP contribution in [0.15, 0.2) is 41.9 Å². The average Bonchev–Trinajstić information content (AvgIpc) is 3.01. The Morgan fingerprint density at radius 1 is 1.45 bits per heavy atom. The third-order valence-corrected chi connectivity index (χ3v) is 6.68. The van der Waals surface area contributed by atoms with E-state index in [4.69, 9.17) is 10.00 Å². The molecule has 0 saturated heterocycles. The minimum absolute atomic E-state index is 0.178. The molecule has 9 nitrogen and oxygen atoms in total. The van der Waals surface area contributed by atoms with Gasteiger partial charge in [0.25, 0.3) is 5.91 Å². The zero-order valence-corrected chi connectivity index (χ0v) is 18.2. The molecule has 2 aromatic rings. The summed E-state index contributed by atoms with van der Waals surface area (Å²) in [6.45, 7) is 3.73.